The van der Waals surface area contributed by atoms with Gasteiger partial charge in [0.05, 0.1) is 6.61 Å². The van der Waals surface area contributed by atoms with Crippen LogP contribution in [0.1, 0.15) is 53.8 Å². The zero-order chi connectivity index (χ0) is 16.8. The molecule has 1 aromatic carbocycles. The summed E-state index contributed by atoms with van der Waals surface area (Å²) in [6.07, 6.45) is 2.78. The molecule has 1 heterocycles. The Hall–Kier alpha value is -1.88. The van der Waals surface area contributed by atoms with E-state index in [2.05, 4.69) is 11.8 Å². The number of ketones is 1. The van der Waals surface area contributed by atoms with E-state index >= 15 is 0 Å². The van der Waals surface area contributed by atoms with Crippen LogP contribution in [0, 0.1) is 5.92 Å². The van der Waals surface area contributed by atoms with E-state index in [9.17, 15) is 14.7 Å². The molecule has 5 nitrogen and oxygen atoms in total. The molecule has 1 saturated heterocycles. The average Bonchev–Trinajstić information content (AvgIpc) is 2.54. The summed E-state index contributed by atoms with van der Waals surface area (Å²) in [7, 11) is 0. The maximum atomic E-state index is 12.3. The number of hydrogen-bond donors (Lipinski definition) is 1. The largest absolute Gasteiger partial charge is 0.493 e. The summed E-state index contributed by atoms with van der Waals surface area (Å²) in [5.74, 6) is -0.0185. The number of carboxylic acids is 1. The van der Waals surface area contributed by atoms with Gasteiger partial charge in [0, 0.05) is 18.5 Å². The molecule has 0 bridgehead atoms. The van der Waals surface area contributed by atoms with Gasteiger partial charge in [-0.3, -0.25) is 4.79 Å². The summed E-state index contributed by atoms with van der Waals surface area (Å²) in [5, 5.41) is 9.26. The number of hydrogen-bond acceptors (Lipinski definition) is 4. The van der Waals surface area contributed by atoms with Crippen LogP contribution in [0.2, 0.25) is 0 Å². The van der Waals surface area contributed by atoms with E-state index in [1.807, 2.05) is 0 Å². The Morgan fingerprint density at radius 3 is 2.61 bits per heavy atom. The van der Waals surface area contributed by atoms with Gasteiger partial charge in [0.1, 0.15) is 11.3 Å². The van der Waals surface area contributed by atoms with Gasteiger partial charge in [0.2, 0.25) is 0 Å². The smallest absolute Gasteiger partial charge is 0.339 e. The van der Waals surface area contributed by atoms with E-state index in [0.717, 1.165) is 25.6 Å². The minimum atomic E-state index is -1.08. The molecule has 0 radical (unpaired) electrons. The quantitative estimate of drug-likeness (QED) is 0.782. The number of carbonyl (C=O) groups excluding carboxylic acids is 1. The lowest BCUT2D eigenvalue weighted by atomic mass is 9.98. The first-order valence-electron chi connectivity index (χ1n) is 8.27. The van der Waals surface area contributed by atoms with Crippen molar-refractivity contribution in [3.05, 3.63) is 29.3 Å². The molecule has 0 atom stereocenters. The van der Waals surface area contributed by atoms with Gasteiger partial charge < -0.3 is 14.7 Å². The number of piperidine rings is 1. The number of benzene rings is 1. The summed E-state index contributed by atoms with van der Waals surface area (Å²) >= 11 is 0. The van der Waals surface area contributed by atoms with Gasteiger partial charge in [-0.2, -0.15) is 0 Å². The highest BCUT2D eigenvalue weighted by atomic mass is 16.5. The van der Waals surface area contributed by atoms with Crippen LogP contribution in [0.4, 0.5) is 0 Å². The van der Waals surface area contributed by atoms with Crippen LogP contribution < -0.4 is 4.74 Å². The Morgan fingerprint density at radius 1 is 1.30 bits per heavy atom. The van der Waals surface area contributed by atoms with Crippen LogP contribution in [-0.4, -0.2) is 48.0 Å². The third kappa shape index (κ3) is 4.79. The Bertz CT molecular complexity index is 562. The summed E-state index contributed by atoms with van der Waals surface area (Å²) in [5.41, 5.74) is 0.487. The van der Waals surface area contributed by atoms with Crippen molar-refractivity contribution in [3.63, 3.8) is 0 Å². The molecule has 23 heavy (non-hydrogen) atoms. The van der Waals surface area contributed by atoms with Crippen LogP contribution in [-0.2, 0) is 0 Å². The molecule has 0 saturated carbocycles. The summed E-state index contributed by atoms with van der Waals surface area (Å²) in [4.78, 5) is 26.0. The van der Waals surface area contributed by atoms with Gasteiger partial charge in [0.15, 0.2) is 5.78 Å². The molecule has 5 heteroatoms. The number of carbonyl (C=O) groups is 2. The van der Waals surface area contributed by atoms with E-state index < -0.39 is 5.97 Å². The lowest BCUT2D eigenvalue weighted by molar-refractivity contribution is 0.0692. The van der Waals surface area contributed by atoms with Gasteiger partial charge >= 0.3 is 5.97 Å². The van der Waals surface area contributed by atoms with Crippen LogP contribution in [0.15, 0.2) is 18.2 Å². The molecular weight excluding hydrogens is 294 g/mol. The van der Waals surface area contributed by atoms with E-state index in [1.54, 1.807) is 19.1 Å². The lowest BCUT2D eigenvalue weighted by Gasteiger charge is -2.29. The third-order valence-corrected chi connectivity index (χ3v) is 4.36. The van der Waals surface area contributed by atoms with Gasteiger partial charge in [-0.25, -0.2) is 4.79 Å². The van der Waals surface area contributed by atoms with Gasteiger partial charge in [-0.15, -0.1) is 0 Å². The number of ether oxygens (including phenoxy) is 1. The minimum Gasteiger partial charge on any atom is -0.493 e. The number of carboxylic acid groups (broad SMARTS) is 1. The van der Waals surface area contributed by atoms with Crippen LogP contribution >= 0.6 is 0 Å². The van der Waals surface area contributed by atoms with Crippen molar-refractivity contribution in [1.82, 2.24) is 4.90 Å². The second-order valence-electron chi connectivity index (χ2n) is 6.15. The fourth-order valence-corrected chi connectivity index (χ4v) is 2.84. The number of Topliss-reactive ketones (excluding diaryl/α,β-unsaturated/α-hetero) is 1. The molecule has 1 aliphatic rings. The molecule has 0 unspecified atom stereocenters. The monoisotopic (exact) mass is 319 g/mol. The van der Waals surface area contributed by atoms with E-state index in [4.69, 9.17) is 4.74 Å². The summed E-state index contributed by atoms with van der Waals surface area (Å²) in [6.45, 7) is 7.26. The molecule has 0 amide bonds. The number of nitrogens with zero attached hydrogens (tertiary/aromatic N) is 1. The zero-order valence-electron chi connectivity index (χ0n) is 13.9. The predicted octanol–water partition coefficient (Wildman–Crippen LogP) is 3.09. The van der Waals surface area contributed by atoms with Crippen molar-refractivity contribution in [2.45, 2.75) is 33.1 Å². The molecule has 0 aliphatic carbocycles. The molecular formula is C18H25NO4. The van der Waals surface area contributed by atoms with Crippen molar-refractivity contribution in [2.75, 3.05) is 26.2 Å². The molecule has 2 rings (SSSR count). The summed E-state index contributed by atoms with van der Waals surface area (Å²) < 4.78 is 5.30. The first-order valence-corrected chi connectivity index (χ1v) is 8.27. The molecule has 1 fully saturated rings. The van der Waals surface area contributed by atoms with Gasteiger partial charge in [0.25, 0.3) is 0 Å². The highest BCUT2D eigenvalue weighted by Gasteiger charge is 2.18. The van der Waals surface area contributed by atoms with Crippen LogP contribution in [0.5, 0.6) is 5.75 Å². The third-order valence-electron chi connectivity index (χ3n) is 4.36. The lowest BCUT2D eigenvalue weighted by Crippen LogP contribution is -2.34. The molecule has 1 aromatic rings. The maximum absolute atomic E-state index is 12.3. The Labute approximate surface area is 137 Å². The standard InChI is InChI=1S/C18H25NO4/c1-3-23-17-5-4-14(12-15(17)18(21)22)16(20)8-11-19-9-6-13(2)7-10-19/h4-5,12-13H,3,6-11H2,1-2H3,(H,21,22). The molecule has 0 aromatic heterocycles. The fraction of sp³-hybridized carbons (Fsp3) is 0.556. The van der Waals surface area contributed by atoms with Crippen molar-refractivity contribution < 1.29 is 19.4 Å². The van der Waals surface area contributed by atoms with Gasteiger partial charge in [-0.1, -0.05) is 6.92 Å². The summed E-state index contributed by atoms with van der Waals surface area (Å²) in [6, 6.07) is 4.65. The highest BCUT2D eigenvalue weighted by molar-refractivity contribution is 6.00. The van der Waals surface area contributed by atoms with Crippen molar-refractivity contribution in [3.8, 4) is 5.75 Å². The number of likely N-dealkylation sites (tertiary alicyclic amines) is 1. The Kier molecular flexibility index (Phi) is 6.16. The van der Waals surface area contributed by atoms with E-state index in [1.165, 1.54) is 18.9 Å². The normalized spacial score (nSPS) is 16.3. The second-order valence-corrected chi connectivity index (χ2v) is 6.15. The van der Waals surface area contributed by atoms with E-state index in [0.29, 0.717) is 24.3 Å². The average molecular weight is 319 g/mol. The van der Waals surface area contributed by atoms with Gasteiger partial charge in [-0.05, 0) is 57.0 Å². The maximum Gasteiger partial charge on any atom is 0.339 e. The van der Waals surface area contributed by atoms with Crippen LogP contribution in [0.25, 0.3) is 0 Å². The minimum absolute atomic E-state index is 0.0193. The molecule has 0 spiro atoms. The SMILES string of the molecule is CCOc1ccc(C(=O)CCN2CCC(C)CC2)cc1C(=O)O. The fourth-order valence-electron chi connectivity index (χ4n) is 2.84. The van der Waals surface area contributed by atoms with Crippen molar-refractivity contribution >= 4 is 11.8 Å². The van der Waals surface area contributed by atoms with Crippen molar-refractivity contribution in [2.24, 2.45) is 5.92 Å². The van der Waals surface area contributed by atoms with E-state index in [-0.39, 0.29) is 11.3 Å². The number of rotatable bonds is 7. The highest BCUT2D eigenvalue weighted by Crippen LogP contribution is 2.22. The first kappa shape index (κ1) is 17.5. The molecule has 1 aliphatic heterocycles. The van der Waals surface area contributed by atoms with Crippen LogP contribution in [0.3, 0.4) is 0 Å². The second kappa shape index (κ2) is 8.11. The Balaban J connectivity index is 1.99. The Morgan fingerprint density at radius 2 is 2.00 bits per heavy atom. The molecule has 1 N–H and O–H groups in total. The van der Waals surface area contributed by atoms with Crippen molar-refractivity contribution in [1.29, 1.82) is 0 Å². The predicted molar refractivity (Wildman–Crippen MR) is 88.4 cm³/mol. The molecule has 126 valence electrons. The first-order chi connectivity index (χ1) is 11.0. The number of aromatic carboxylic acids is 1. The zero-order valence-corrected chi connectivity index (χ0v) is 13.9. The topological polar surface area (TPSA) is 66.8 Å².